The maximum absolute atomic E-state index is 4.51. The highest BCUT2D eigenvalue weighted by molar-refractivity contribution is 5.80. The van der Waals surface area contributed by atoms with E-state index in [9.17, 15) is 0 Å². The van der Waals surface area contributed by atoms with Gasteiger partial charge in [-0.15, -0.1) is 0 Å². The molecule has 4 nitrogen and oxygen atoms in total. The molecule has 132 valence electrons. The lowest BCUT2D eigenvalue weighted by molar-refractivity contribution is 0.151. The highest BCUT2D eigenvalue weighted by atomic mass is 15.3. The van der Waals surface area contributed by atoms with E-state index in [1.807, 2.05) is 7.05 Å². The number of likely N-dealkylation sites (tertiary alicyclic amines) is 2. The van der Waals surface area contributed by atoms with E-state index >= 15 is 0 Å². The lowest BCUT2D eigenvalue weighted by Gasteiger charge is -2.38. The van der Waals surface area contributed by atoms with Gasteiger partial charge in [-0.05, 0) is 70.4 Å². The van der Waals surface area contributed by atoms with Gasteiger partial charge in [-0.3, -0.25) is 4.99 Å². The van der Waals surface area contributed by atoms with Crippen molar-refractivity contribution >= 4 is 5.96 Å². The average Bonchev–Trinajstić information content (AvgIpc) is 2.98. The van der Waals surface area contributed by atoms with E-state index in [0.29, 0.717) is 5.41 Å². The van der Waals surface area contributed by atoms with Crippen LogP contribution in [0.2, 0.25) is 0 Å². The maximum atomic E-state index is 4.51. The van der Waals surface area contributed by atoms with Crippen LogP contribution in [0.1, 0.15) is 64.7 Å². The second-order valence-corrected chi connectivity index (χ2v) is 8.09. The predicted octanol–water partition coefficient (Wildman–Crippen LogP) is 3.09. The van der Waals surface area contributed by atoms with Gasteiger partial charge in [0.2, 0.25) is 0 Å². The molecule has 1 spiro atoms. The molecule has 1 aliphatic carbocycles. The smallest absolute Gasteiger partial charge is 0.193 e. The number of nitrogens with one attached hydrogen (secondary N) is 1. The van der Waals surface area contributed by atoms with Crippen LogP contribution in [0.4, 0.5) is 0 Å². The Labute approximate surface area is 142 Å². The van der Waals surface area contributed by atoms with Crippen LogP contribution < -0.4 is 5.32 Å². The van der Waals surface area contributed by atoms with E-state index in [1.54, 1.807) is 0 Å². The van der Waals surface area contributed by atoms with Gasteiger partial charge in [0.1, 0.15) is 0 Å². The molecule has 0 bridgehead atoms. The molecule has 2 heterocycles. The molecule has 3 fully saturated rings. The highest BCUT2D eigenvalue weighted by Crippen LogP contribution is 2.47. The zero-order chi connectivity index (χ0) is 16.1. The van der Waals surface area contributed by atoms with Crippen molar-refractivity contribution in [3.63, 3.8) is 0 Å². The number of hydrogen-bond donors (Lipinski definition) is 1. The fourth-order valence-corrected chi connectivity index (χ4v) is 4.66. The molecule has 23 heavy (non-hydrogen) atoms. The summed E-state index contributed by atoms with van der Waals surface area (Å²) in [6.07, 6.45) is 12.5. The third-order valence-corrected chi connectivity index (χ3v) is 6.46. The third-order valence-electron chi connectivity index (χ3n) is 6.46. The number of rotatable bonds is 5. The van der Waals surface area contributed by atoms with Crippen molar-refractivity contribution in [3.8, 4) is 0 Å². The van der Waals surface area contributed by atoms with E-state index in [-0.39, 0.29) is 0 Å². The minimum Gasteiger partial charge on any atom is -0.356 e. The number of piperidine rings is 1. The molecule has 3 aliphatic rings. The molecule has 1 saturated carbocycles. The monoisotopic (exact) mass is 320 g/mol. The molecule has 0 amide bonds. The summed E-state index contributed by atoms with van der Waals surface area (Å²) >= 11 is 0. The zero-order valence-electron chi connectivity index (χ0n) is 15.3. The Morgan fingerprint density at radius 1 is 1.13 bits per heavy atom. The first-order valence-corrected chi connectivity index (χ1v) is 9.92. The summed E-state index contributed by atoms with van der Waals surface area (Å²) in [6.45, 7) is 8.48. The van der Waals surface area contributed by atoms with Gasteiger partial charge in [-0.2, -0.15) is 0 Å². The Morgan fingerprint density at radius 2 is 2.00 bits per heavy atom. The Morgan fingerprint density at radius 3 is 2.65 bits per heavy atom. The number of guanidine groups is 1. The van der Waals surface area contributed by atoms with Crippen molar-refractivity contribution in [2.45, 2.75) is 70.8 Å². The Balaban J connectivity index is 1.31. The molecule has 1 N–H and O–H groups in total. The second-order valence-electron chi connectivity index (χ2n) is 8.09. The molecule has 1 unspecified atom stereocenters. The summed E-state index contributed by atoms with van der Waals surface area (Å²) in [7, 11) is 1.93. The van der Waals surface area contributed by atoms with Gasteiger partial charge >= 0.3 is 0 Å². The molecule has 0 radical (unpaired) electrons. The van der Waals surface area contributed by atoms with E-state index in [4.69, 9.17) is 0 Å². The van der Waals surface area contributed by atoms with Crippen LogP contribution >= 0.6 is 0 Å². The van der Waals surface area contributed by atoms with Crippen LogP contribution in [0.25, 0.3) is 0 Å². The van der Waals surface area contributed by atoms with E-state index < -0.39 is 0 Å². The van der Waals surface area contributed by atoms with Gasteiger partial charge in [-0.25, -0.2) is 0 Å². The molecule has 2 saturated heterocycles. The van der Waals surface area contributed by atoms with Crippen molar-refractivity contribution in [3.05, 3.63) is 0 Å². The van der Waals surface area contributed by atoms with E-state index in [1.165, 1.54) is 84.0 Å². The molecule has 0 aromatic rings. The first kappa shape index (κ1) is 17.1. The highest BCUT2D eigenvalue weighted by Gasteiger charge is 2.43. The zero-order valence-corrected chi connectivity index (χ0v) is 15.3. The summed E-state index contributed by atoms with van der Waals surface area (Å²) in [4.78, 5) is 9.69. The minimum atomic E-state index is 0.655. The summed E-state index contributed by atoms with van der Waals surface area (Å²) in [5, 5.41) is 3.60. The van der Waals surface area contributed by atoms with Gasteiger partial charge in [0.05, 0.1) is 0 Å². The van der Waals surface area contributed by atoms with Crippen molar-refractivity contribution in [2.24, 2.45) is 10.4 Å². The van der Waals surface area contributed by atoms with E-state index in [0.717, 1.165) is 18.5 Å². The summed E-state index contributed by atoms with van der Waals surface area (Å²) in [5.41, 5.74) is 0.655. The molecule has 1 atom stereocenters. The van der Waals surface area contributed by atoms with Crippen molar-refractivity contribution in [1.82, 2.24) is 15.1 Å². The van der Waals surface area contributed by atoms with Crippen LogP contribution in [0.3, 0.4) is 0 Å². The van der Waals surface area contributed by atoms with Gasteiger partial charge in [0, 0.05) is 32.7 Å². The number of aliphatic imine (C=N–C) groups is 1. The second kappa shape index (κ2) is 7.87. The SMILES string of the molecule is CN=C(NCCCCN1CCCCC1C)N1CCC2(CCC2)C1. The molecule has 0 aromatic carbocycles. The molecule has 4 heteroatoms. The van der Waals surface area contributed by atoms with Crippen LogP contribution in [0.15, 0.2) is 4.99 Å². The fraction of sp³-hybridized carbons (Fsp3) is 0.947. The number of unbranched alkanes of at least 4 members (excludes halogenated alkanes) is 1. The quantitative estimate of drug-likeness (QED) is 0.480. The van der Waals surface area contributed by atoms with Crippen LogP contribution in [0.5, 0.6) is 0 Å². The third kappa shape index (κ3) is 4.20. The van der Waals surface area contributed by atoms with Crippen molar-refractivity contribution in [2.75, 3.05) is 39.8 Å². The minimum absolute atomic E-state index is 0.655. The van der Waals surface area contributed by atoms with Crippen LogP contribution in [-0.2, 0) is 0 Å². The summed E-state index contributed by atoms with van der Waals surface area (Å²) in [6, 6.07) is 0.799. The molecular formula is C19H36N4. The van der Waals surface area contributed by atoms with Gasteiger partial charge in [-0.1, -0.05) is 12.8 Å². The molecule has 2 aliphatic heterocycles. The van der Waals surface area contributed by atoms with Crippen LogP contribution in [0, 0.1) is 5.41 Å². The lowest BCUT2D eigenvalue weighted by atomic mass is 9.68. The van der Waals surface area contributed by atoms with Crippen molar-refractivity contribution in [1.29, 1.82) is 0 Å². The maximum Gasteiger partial charge on any atom is 0.193 e. The topological polar surface area (TPSA) is 30.9 Å². The fourth-order valence-electron chi connectivity index (χ4n) is 4.66. The average molecular weight is 321 g/mol. The first-order valence-electron chi connectivity index (χ1n) is 9.92. The molecular weight excluding hydrogens is 284 g/mol. The Bertz CT molecular complexity index is 402. The lowest BCUT2D eigenvalue weighted by Crippen LogP contribution is -2.43. The number of hydrogen-bond acceptors (Lipinski definition) is 2. The number of nitrogens with zero attached hydrogens (tertiary/aromatic N) is 3. The predicted molar refractivity (Wildman–Crippen MR) is 98.0 cm³/mol. The Kier molecular flexibility index (Phi) is 5.84. The Hall–Kier alpha value is -0.770. The standard InChI is InChI=1S/C19H36N4/c1-17-8-3-5-13-22(17)14-6-4-12-21-18(20-2)23-15-11-19(16-23)9-7-10-19/h17H,3-16H2,1-2H3,(H,20,21). The first-order chi connectivity index (χ1) is 11.2. The van der Waals surface area contributed by atoms with Gasteiger partial charge in [0.25, 0.3) is 0 Å². The van der Waals surface area contributed by atoms with Crippen molar-refractivity contribution < 1.29 is 0 Å². The summed E-state index contributed by atoms with van der Waals surface area (Å²) in [5.74, 6) is 1.14. The molecule has 3 rings (SSSR count). The van der Waals surface area contributed by atoms with Gasteiger partial charge in [0.15, 0.2) is 5.96 Å². The van der Waals surface area contributed by atoms with Gasteiger partial charge < -0.3 is 15.1 Å². The van der Waals surface area contributed by atoms with E-state index in [2.05, 4.69) is 27.0 Å². The van der Waals surface area contributed by atoms with Crippen LogP contribution in [-0.4, -0.2) is 61.6 Å². The molecule has 0 aromatic heterocycles. The largest absolute Gasteiger partial charge is 0.356 e. The summed E-state index contributed by atoms with van der Waals surface area (Å²) < 4.78 is 0. The normalized spacial score (nSPS) is 28.2.